The van der Waals surface area contributed by atoms with Gasteiger partial charge in [-0.2, -0.15) is 5.26 Å². The second-order valence-corrected chi connectivity index (χ2v) is 6.18. The van der Waals surface area contributed by atoms with Crippen LogP contribution in [-0.2, 0) is 0 Å². The van der Waals surface area contributed by atoms with Crippen molar-refractivity contribution in [2.45, 2.75) is 0 Å². The van der Waals surface area contributed by atoms with Gasteiger partial charge in [-0.3, -0.25) is 14.4 Å². The molecule has 1 heterocycles. The number of carbonyl (C=O) groups is 3. The first-order valence-corrected chi connectivity index (χ1v) is 8.48. The molecule has 0 saturated carbocycles. The van der Waals surface area contributed by atoms with Gasteiger partial charge in [0.1, 0.15) is 0 Å². The maximum absolute atomic E-state index is 12.5. The number of nitrogens with one attached hydrogen (secondary N) is 1. The zero-order chi connectivity index (χ0) is 19.7. The SMILES string of the molecule is N#Cc1cccc(C(=O)Nc2ccc(N3C(=O)c4ccccc4C3=O)cc2)c1. The topological polar surface area (TPSA) is 90.3 Å². The lowest BCUT2D eigenvalue weighted by molar-refractivity contribution is 0.0924. The number of hydrogen-bond donors (Lipinski definition) is 1. The zero-order valence-electron chi connectivity index (χ0n) is 14.5. The second kappa shape index (κ2) is 6.82. The molecule has 0 fully saturated rings. The minimum Gasteiger partial charge on any atom is -0.322 e. The third-order valence-electron chi connectivity index (χ3n) is 4.43. The summed E-state index contributed by atoms with van der Waals surface area (Å²) in [6.07, 6.45) is 0. The quantitative estimate of drug-likeness (QED) is 0.716. The molecule has 3 aromatic carbocycles. The van der Waals surface area contributed by atoms with Crippen molar-refractivity contribution >= 4 is 29.1 Å². The van der Waals surface area contributed by atoms with Crippen molar-refractivity contribution in [1.82, 2.24) is 0 Å². The van der Waals surface area contributed by atoms with Crippen molar-refractivity contribution in [3.8, 4) is 6.07 Å². The molecule has 0 radical (unpaired) electrons. The van der Waals surface area contributed by atoms with E-state index in [4.69, 9.17) is 5.26 Å². The van der Waals surface area contributed by atoms with E-state index in [0.29, 0.717) is 33.6 Å². The number of nitrogens with zero attached hydrogens (tertiary/aromatic N) is 2. The van der Waals surface area contributed by atoms with Crippen LogP contribution in [0.3, 0.4) is 0 Å². The Labute approximate surface area is 160 Å². The first-order valence-electron chi connectivity index (χ1n) is 8.48. The maximum Gasteiger partial charge on any atom is 0.266 e. The Morgan fingerprint density at radius 1 is 0.857 bits per heavy atom. The molecule has 3 aromatic rings. The molecule has 4 rings (SSSR count). The highest BCUT2D eigenvalue weighted by molar-refractivity contribution is 6.34. The highest BCUT2D eigenvalue weighted by atomic mass is 16.2. The van der Waals surface area contributed by atoms with Gasteiger partial charge in [0, 0.05) is 11.3 Å². The standard InChI is InChI=1S/C22H13N3O3/c23-13-14-4-3-5-15(12-14)20(26)24-16-8-10-17(11-9-16)25-21(27)18-6-1-2-7-19(18)22(25)28/h1-12H,(H,24,26). The first-order chi connectivity index (χ1) is 13.6. The predicted molar refractivity (Wildman–Crippen MR) is 103 cm³/mol. The average molecular weight is 367 g/mol. The van der Waals surface area contributed by atoms with Crippen molar-refractivity contribution in [3.63, 3.8) is 0 Å². The largest absolute Gasteiger partial charge is 0.322 e. The molecule has 0 spiro atoms. The van der Waals surface area contributed by atoms with Gasteiger partial charge in [-0.25, -0.2) is 4.90 Å². The Bertz CT molecular complexity index is 1130. The fraction of sp³-hybridized carbons (Fsp3) is 0. The van der Waals surface area contributed by atoms with E-state index in [-0.39, 0.29) is 17.7 Å². The predicted octanol–water partition coefficient (Wildman–Crippen LogP) is 3.61. The highest BCUT2D eigenvalue weighted by Crippen LogP contribution is 2.29. The number of fused-ring (bicyclic) bond motifs is 1. The van der Waals surface area contributed by atoms with Crippen molar-refractivity contribution in [2.75, 3.05) is 10.2 Å². The monoisotopic (exact) mass is 367 g/mol. The molecule has 1 N–H and O–H groups in total. The Hall–Kier alpha value is -4.24. The van der Waals surface area contributed by atoms with Gasteiger partial charge in [0.05, 0.1) is 28.4 Å². The Kier molecular flexibility index (Phi) is 4.18. The van der Waals surface area contributed by atoms with Gasteiger partial charge in [-0.05, 0) is 54.6 Å². The van der Waals surface area contributed by atoms with Crippen LogP contribution >= 0.6 is 0 Å². The van der Waals surface area contributed by atoms with Crippen LogP contribution in [0.1, 0.15) is 36.6 Å². The number of hydrogen-bond acceptors (Lipinski definition) is 4. The molecule has 28 heavy (non-hydrogen) atoms. The minimum atomic E-state index is -0.370. The normalized spacial score (nSPS) is 12.5. The number of carbonyl (C=O) groups excluding carboxylic acids is 3. The fourth-order valence-electron chi connectivity index (χ4n) is 3.05. The zero-order valence-corrected chi connectivity index (χ0v) is 14.5. The molecular weight excluding hydrogens is 354 g/mol. The number of amides is 3. The molecule has 6 nitrogen and oxygen atoms in total. The van der Waals surface area contributed by atoms with E-state index in [1.54, 1.807) is 66.7 Å². The lowest BCUT2D eigenvalue weighted by atomic mass is 10.1. The smallest absolute Gasteiger partial charge is 0.266 e. The Morgan fingerprint density at radius 3 is 2.11 bits per heavy atom. The van der Waals surface area contributed by atoms with Gasteiger partial charge in [0.2, 0.25) is 0 Å². The van der Waals surface area contributed by atoms with Crippen molar-refractivity contribution in [2.24, 2.45) is 0 Å². The number of nitriles is 1. The van der Waals surface area contributed by atoms with Crippen molar-refractivity contribution in [3.05, 3.63) is 95.1 Å². The van der Waals surface area contributed by atoms with Crippen molar-refractivity contribution in [1.29, 1.82) is 5.26 Å². The van der Waals surface area contributed by atoms with Crippen LogP contribution in [0.5, 0.6) is 0 Å². The van der Waals surface area contributed by atoms with Gasteiger partial charge in [-0.15, -0.1) is 0 Å². The van der Waals surface area contributed by atoms with E-state index in [1.807, 2.05) is 6.07 Å². The fourth-order valence-corrected chi connectivity index (χ4v) is 3.05. The maximum atomic E-state index is 12.5. The molecule has 6 heteroatoms. The van der Waals surface area contributed by atoms with Crippen LogP contribution < -0.4 is 10.2 Å². The van der Waals surface area contributed by atoms with Gasteiger partial charge in [0.25, 0.3) is 17.7 Å². The van der Waals surface area contributed by atoms with E-state index in [1.165, 1.54) is 6.07 Å². The summed E-state index contributed by atoms with van der Waals surface area (Å²) in [4.78, 5) is 38.5. The van der Waals surface area contributed by atoms with Crippen LogP contribution in [0.2, 0.25) is 0 Å². The number of benzene rings is 3. The highest BCUT2D eigenvalue weighted by Gasteiger charge is 2.36. The second-order valence-electron chi connectivity index (χ2n) is 6.18. The van der Waals surface area contributed by atoms with Crippen LogP contribution in [0.15, 0.2) is 72.8 Å². The van der Waals surface area contributed by atoms with Crippen LogP contribution in [-0.4, -0.2) is 17.7 Å². The van der Waals surface area contributed by atoms with Gasteiger partial charge >= 0.3 is 0 Å². The summed E-state index contributed by atoms with van der Waals surface area (Å²) in [5, 5.41) is 11.7. The molecule has 1 aliphatic rings. The minimum absolute atomic E-state index is 0.356. The van der Waals surface area contributed by atoms with E-state index < -0.39 is 0 Å². The molecule has 134 valence electrons. The van der Waals surface area contributed by atoms with Crippen molar-refractivity contribution < 1.29 is 14.4 Å². The molecule has 3 amide bonds. The molecule has 0 unspecified atom stereocenters. The van der Waals surface area contributed by atoms with Gasteiger partial charge in [0.15, 0.2) is 0 Å². The summed E-state index contributed by atoms with van der Waals surface area (Å²) in [6, 6.07) is 21.5. The summed E-state index contributed by atoms with van der Waals surface area (Å²) in [5.41, 5.74) is 2.45. The summed E-state index contributed by atoms with van der Waals surface area (Å²) in [6.45, 7) is 0. The van der Waals surface area contributed by atoms with Gasteiger partial charge in [-0.1, -0.05) is 18.2 Å². The number of imide groups is 1. The Morgan fingerprint density at radius 2 is 1.50 bits per heavy atom. The molecule has 1 aliphatic heterocycles. The molecule has 0 atom stereocenters. The first kappa shape index (κ1) is 17.2. The van der Waals surface area contributed by atoms with Gasteiger partial charge < -0.3 is 5.32 Å². The third-order valence-corrected chi connectivity index (χ3v) is 4.43. The summed E-state index contributed by atoms with van der Waals surface area (Å²) < 4.78 is 0. The lowest BCUT2D eigenvalue weighted by Crippen LogP contribution is -2.29. The summed E-state index contributed by atoms with van der Waals surface area (Å²) in [5.74, 6) is -1.10. The van der Waals surface area contributed by atoms with Crippen LogP contribution in [0, 0.1) is 11.3 Å². The summed E-state index contributed by atoms with van der Waals surface area (Å²) in [7, 11) is 0. The average Bonchev–Trinajstić information content (AvgIpc) is 2.99. The van der Waals surface area contributed by atoms with Crippen LogP contribution in [0.4, 0.5) is 11.4 Å². The Balaban J connectivity index is 1.54. The number of anilines is 2. The lowest BCUT2D eigenvalue weighted by Gasteiger charge is -2.14. The van der Waals surface area contributed by atoms with E-state index >= 15 is 0 Å². The summed E-state index contributed by atoms with van der Waals surface area (Å²) >= 11 is 0. The molecule has 0 aliphatic carbocycles. The van der Waals surface area contributed by atoms with E-state index in [0.717, 1.165) is 4.90 Å². The third kappa shape index (κ3) is 2.91. The van der Waals surface area contributed by atoms with E-state index in [2.05, 4.69) is 5.32 Å². The molecular formula is C22H13N3O3. The number of rotatable bonds is 3. The molecule has 0 saturated heterocycles. The van der Waals surface area contributed by atoms with E-state index in [9.17, 15) is 14.4 Å². The van der Waals surface area contributed by atoms with Crippen LogP contribution in [0.25, 0.3) is 0 Å². The molecule has 0 bridgehead atoms. The molecule has 0 aromatic heterocycles.